The van der Waals surface area contributed by atoms with Crippen LogP contribution in [0.25, 0.3) is 17.1 Å². The summed E-state index contributed by atoms with van der Waals surface area (Å²) in [6.45, 7) is 2.05. The number of benzene rings is 3. The van der Waals surface area contributed by atoms with Gasteiger partial charge in [0.1, 0.15) is 0 Å². The lowest BCUT2D eigenvalue weighted by Crippen LogP contribution is -2.20. The van der Waals surface area contributed by atoms with Gasteiger partial charge < -0.3 is 4.90 Å². The largest absolute Gasteiger partial charge is 0.378 e. The molecular formula is C26H26N6OS. The number of amides is 1. The van der Waals surface area contributed by atoms with Crippen LogP contribution in [0.4, 0.5) is 5.69 Å². The number of carbonyl (C=O) groups excluding carboxylic acids is 1. The van der Waals surface area contributed by atoms with Crippen molar-refractivity contribution in [1.29, 1.82) is 0 Å². The fourth-order valence-electron chi connectivity index (χ4n) is 3.26. The highest BCUT2D eigenvalue weighted by molar-refractivity contribution is 7.99. The minimum absolute atomic E-state index is 0.162. The lowest BCUT2D eigenvalue weighted by atomic mass is 10.1. The van der Waals surface area contributed by atoms with Crippen LogP contribution in [0.3, 0.4) is 0 Å². The van der Waals surface area contributed by atoms with Crippen LogP contribution in [0.15, 0.2) is 89.1 Å². The van der Waals surface area contributed by atoms with Gasteiger partial charge in [-0.3, -0.25) is 9.36 Å². The Labute approximate surface area is 203 Å². The summed E-state index contributed by atoms with van der Waals surface area (Å²) < 4.78 is 1.97. The quantitative estimate of drug-likeness (QED) is 0.232. The number of thioether (sulfide) groups is 1. The number of anilines is 1. The number of rotatable bonds is 8. The molecule has 0 unspecified atom stereocenters. The van der Waals surface area contributed by atoms with Crippen molar-refractivity contribution in [3.63, 3.8) is 0 Å². The molecule has 0 radical (unpaired) electrons. The third-order valence-electron chi connectivity index (χ3n) is 5.10. The second-order valence-electron chi connectivity index (χ2n) is 7.91. The van der Waals surface area contributed by atoms with Gasteiger partial charge in [0, 0.05) is 31.0 Å². The van der Waals surface area contributed by atoms with Gasteiger partial charge in [-0.2, -0.15) is 5.10 Å². The number of para-hydroxylation sites is 1. The molecule has 0 spiro atoms. The van der Waals surface area contributed by atoms with Crippen LogP contribution in [0, 0.1) is 6.92 Å². The zero-order chi connectivity index (χ0) is 23.9. The molecular weight excluding hydrogens is 444 g/mol. The summed E-state index contributed by atoms with van der Waals surface area (Å²) >= 11 is 1.32. The SMILES string of the molecule is Cc1ccc(-c2nnc(SCC(=O)NN=Cc3ccc(N(C)C)cc3)n2-c2ccccc2)cc1. The topological polar surface area (TPSA) is 75.4 Å². The average Bonchev–Trinajstić information content (AvgIpc) is 3.28. The predicted octanol–water partition coefficient (Wildman–Crippen LogP) is 4.55. The number of nitrogens with one attached hydrogen (secondary N) is 1. The predicted molar refractivity (Wildman–Crippen MR) is 139 cm³/mol. The maximum atomic E-state index is 12.4. The van der Waals surface area contributed by atoms with Gasteiger partial charge in [0.05, 0.1) is 12.0 Å². The van der Waals surface area contributed by atoms with E-state index in [1.807, 2.05) is 109 Å². The first kappa shape index (κ1) is 23.3. The van der Waals surface area contributed by atoms with Crippen molar-refractivity contribution < 1.29 is 4.79 Å². The lowest BCUT2D eigenvalue weighted by Gasteiger charge is -2.11. The molecule has 0 saturated carbocycles. The molecule has 4 aromatic rings. The van der Waals surface area contributed by atoms with Gasteiger partial charge in [-0.05, 0) is 36.8 Å². The first-order valence-electron chi connectivity index (χ1n) is 10.8. The molecule has 0 atom stereocenters. The summed E-state index contributed by atoms with van der Waals surface area (Å²) in [5, 5.41) is 13.5. The Balaban J connectivity index is 1.45. The van der Waals surface area contributed by atoms with E-state index in [9.17, 15) is 4.79 Å². The standard InChI is InChI=1S/C26H26N6OS/c1-19-9-13-21(14-10-19)25-29-30-26(32(25)23-7-5-4-6-8-23)34-18-24(33)28-27-17-20-11-15-22(16-12-20)31(2)3/h4-17H,18H2,1-3H3,(H,28,33). The third-order valence-corrected chi connectivity index (χ3v) is 6.03. The van der Waals surface area contributed by atoms with Gasteiger partial charge in [-0.1, -0.05) is 71.9 Å². The number of hydrogen-bond acceptors (Lipinski definition) is 6. The molecule has 1 aromatic heterocycles. The van der Waals surface area contributed by atoms with E-state index in [1.54, 1.807) is 6.21 Å². The monoisotopic (exact) mass is 470 g/mol. The maximum Gasteiger partial charge on any atom is 0.250 e. The molecule has 0 aliphatic heterocycles. The highest BCUT2D eigenvalue weighted by atomic mass is 32.2. The Morgan fingerprint density at radius 1 is 1.00 bits per heavy atom. The molecule has 1 amide bonds. The van der Waals surface area contributed by atoms with Gasteiger partial charge in [-0.15, -0.1) is 10.2 Å². The van der Waals surface area contributed by atoms with E-state index < -0.39 is 0 Å². The van der Waals surface area contributed by atoms with Gasteiger partial charge in [0.2, 0.25) is 0 Å². The molecule has 0 fully saturated rings. The minimum atomic E-state index is -0.217. The molecule has 0 bridgehead atoms. The molecule has 0 saturated heterocycles. The Morgan fingerprint density at radius 3 is 2.38 bits per heavy atom. The van der Waals surface area contributed by atoms with Crippen molar-refractivity contribution in [3.05, 3.63) is 90.0 Å². The van der Waals surface area contributed by atoms with Crippen LogP contribution in [0.5, 0.6) is 0 Å². The molecule has 7 nitrogen and oxygen atoms in total. The van der Waals surface area contributed by atoms with Gasteiger partial charge in [0.15, 0.2) is 11.0 Å². The normalized spacial score (nSPS) is 11.0. The van der Waals surface area contributed by atoms with Crippen molar-refractivity contribution in [1.82, 2.24) is 20.2 Å². The number of carbonyl (C=O) groups is 1. The number of nitrogens with zero attached hydrogens (tertiary/aromatic N) is 5. The molecule has 4 rings (SSSR count). The summed E-state index contributed by atoms with van der Waals surface area (Å²) in [5.41, 5.74) is 7.67. The summed E-state index contributed by atoms with van der Waals surface area (Å²) in [6, 6.07) is 26.0. The third kappa shape index (κ3) is 5.71. The fourth-order valence-corrected chi connectivity index (χ4v) is 4.01. The van der Waals surface area contributed by atoms with Gasteiger partial charge in [-0.25, -0.2) is 5.43 Å². The number of hydrogen-bond donors (Lipinski definition) is 1. The zero-order valence-electron chi connectivity index (χ0n) is 19.3. The van der Waals surface area contributed by atoms with E-state index in [-0.39, 0.29) is 11.7 Å². The van der Waals surface area contributed by atoms with Crippen molar-refractivity contribution in [2.24, 2.45) is 5.10 Å². The average molecular weight is 471 g/mol. The zero-order valence-corrected chi connectivity index (χ0v) is 20.2. The molecule has 0 aliphatic rings. The van der Waals surface area contributed by atoms with Crippen molar-refractivity contribution in [2.75, 3.05) is 24.7 Å². The number of aryl methyl sites for hydroxylation is 1. The Hall–Kier alpha value is -3.91. The van der Waals surface area contributed by atoms with Crippen LogP contribution in [0.1, 0.15) is 11.1 Å². The second-order valence-corrected chi connectivity index (χ2v) is 8.85. The summed E-state index contributed by atoms with van der Waals surface area (Å²) in [5.74, 6) is 0.675. The van der Waals surface area contributed by atoms with E-state index in [0.29, 0.717) is 5.16 Å². The first-order chi connectivity index (χ1) is 16.5. The number of hydrazone groups is 1. The summed E-state index contributed by atoms with van der Waals surface area (Å²) in [7, 11) is 3.98. The second kappa shape index (κ2) is 10.8. The molecule has 3 aromatic carbocycles. The lowest BCUT2D eigenvalue weighted by molar-refractivity contribution is -0.118. The first-order valence-corrected chi connectivity index (χ1v) is 11.8. The van der Waals surface area contributed by atoms with Gasteiger partial charge in [0.25, 0.3) is 5.91 Å². The summed E-state index contributed by atoms with van der Waals surface area (Å²) in [4.78, 5) is 14.4. The maximum absolute atomic E-state index is 12.4. The van der Waals surface area contributed by atoms with Crippen LogP contribution in [-0.2, 0) is 4.79 Å². The van der Waals surface area contributed by atoms with Crippen LogP contribution in [0.2, 0.25) is 0 Å². The smallest absolute Gasteiger partial charge is 0.250 e. The van der Waals surface area contributed by atoms with E-state index >= 15 is 0 Å². The molecule has 1 heterocycles. The Kier molecular flexibility index (Phi) is 7.39. The van der Waals surface area contributed by atoms with Crippen LogP contribution < -0.4 is 10.3 Å². The number of aromatic nitrogens is 3. The van der Waals surface area contributed by atoms with E-state index in [1.165, 1.54) is 17.3 Å². The Bertz CT molecular complexity index is 1270. The highest BCUT2D eigenvalue weighted by Gasteiger charge is 2.17. The van der Waals surface area contributed by atoms with Gasteiger partial charge >= 0.3 is 0 Å². The van der Waals surface area contributed by atoms with Crippen LogP contribution in [-0.4, -0.2) is 46.7 Å². The molecule has 1 N–H and O–H groups in total. The fraction of sp³-hybridized carbons (Fsp3) is 0.154. The molecule has 172 valence electrons. The van der Waals surface area contributed by atoms with Crippen molar-refractivity contribution in [2.45, 2.75) is 12.1 Å². The minimum Gasteiger partial charge on any atom is -0.378 e. The Morgan fingerprint density at radius 2 is 1.71 bits per heavy atom. The van der Waals surface area contributed by atoms with Crippen molar-refractivity contribution in [3.8, 4) is 17.1 Å². The van der Waals surface area contributed by atoms with E-state index in [2.05, 4.69) is 20.7 Å². The highest BCUT2D eigenvalue weighted by Crippen LogP contribution is 2.28. The molecule has 8 heteroatoms. The van der Waals surface area contributed by atoms with Crippen molar-refractivity contribution >= 4 is 29.6 Å². The van der Waals surface area contributed by atoms with E-state index in [4.69, 9.17) is 0 Å². The van der Waals surface area contributed by atoms with E-state index in [0.717, 1.165) is 28.3 Å². The van der Waals surface area contributed by atoms with Crippen LogP contribution >= 0.6 is 11.8 Å². The summed E-state index contributed by atoms with van der Waals surface area (Å²) in [6.07, 6.45) is 1.63. The molecule has 34 heavy (non-hydrogen) atoms. The molecule has 0 aliphatic carbocycles.